The molecule has 0 heterocycles. The Kier molecular flexibility index (Phi) is 4.39. The van der Waals surface area contributed by atoms with Crippen LogP contribution in [0.2, 0.25) is 5.02 Å². The fraction of sp³-hybridized carbons (Fsp3) is 0.300. The maximum Gasteiger partial charge on any atom is 0.194 e. The Morgan fingerprint density at radius 1 is 1.47 bits per heavy atom. The molecule has 15 heavy (non-hydrogen) atoms. The number of hydrogen-bond donors (Lipinski definition) is 3. The predicted octanol–water partition coefficient (Wildman–Crippen LogP) is 1.76. The summed E-state index contributed by atoms with van der Waals surface area (Å²) in [4.78, 5) is 4.04. The number of nitrogens with one attached hydrogen (secondary N) is 1. The number of guanidine groups is 1. The molecule has 0 saturated heterocycles. The van der Waals surface area contributed by atoms with Gasteiger partial charge in [-0.1, -0.05) is 18.5 Å². The molecule has 0 radical (unpaired) electrons. The normalized spacial score (nSPS) is 13.7. The molecule has 0 amide bonds. The summed E-state index contributed by atoms with van der Waals surface area (Å²) in [5, 5.41) is 3.61. The Morgan fingerprint density at radius 3 is 2.60 bits per heavy atom. The van der Waals surface area contributed by atoms with Gasteiger partial charge in [-0.25, -0.2) is 4.99 Å². The van der Waals surface area contributed by atoms with Crippen LogP contribution in [0.3, 0.4) is 0 Å². The van der Waals surface area contributed by atoms with Gasteiger partial charge < -0.3 is 16.8 Å². The fourth-order valence-corrected chi connectivity index (χ4v) is 1.11. The van der Waals surface area contributed by atoms with Gasteiger partial charge >= 0.3 is 0 Å². The molecule has 1 aromatic rings. The molecule has 0 aliphatic rings. The van der Waals surface area contributed by atoms with Crippen LogP contribution in [0, 0.1) is 0 Å². The van der Waals surface area contributed by atoms with Crippen LogP contribution in [0.15, 0.2) is 29.3 Å². The molecule has 5 N–H and O–H groups in total. The Labute approximate surface area is 94.3 Å². The number of benzene rings is 1. The van der Waals surface area contributed by atoms with Crippen molar-refractivity contribution in [1.29, 1.82) is 0 Å². The van der Waals surface area contributed by atoms with Crippen LogP contribution in [0.25, 0.3) is 0 Å². The Balaban J connectivity index is 2.62. The first kappa shape index (κ1) is 11.8. The third-order valence-corrected chi connectivity index (χ3v) is 2.09. The van der Waals surface area contributed by atoms with E-state index in [0.29, 0.717) is 11.0 Å². The van der Waals surface area contributed by atoms with Gasteiger partial charge in [0.1, 0.15) is 6.17 Å². The van der Waals surface area contributed by atoms with E-state index in [0.717, 1.165) is 12.1 Å². The summed E-state index contributed by atoms with van der Waals surface area (Å²) in [6.07, 6.45) is 0.494. The van der Waals surface area contributed by atoms with Gasteiger partial charge in [0.15, 0.2) is 5.96 Å². The number of anilines is 1. The summed E-state index contributed by atoms with van der Waals surface area (Å²) in [6, 6.07) is 7.19. The predicted molar refractivity (Wildman–Crippen MR) is 65.0 cm³/mol. The van der Waals surface area contributed by atoms with Crippen molar-refractivity contribution in [3.05, 3.63) is 29.3 Å². The Hall–Kier alpha value is -1.26. The molecule has 0 fully saturated rings. The number of halogens is 1. The molecule has 5 heteroatoms. The van der Waals surface area contributed by atoms with E-state index in [-0.39, 0.29) is 6.17 Å². The van der Waals surface area contributed by atoms with Crippen LogP contribution < -0.4 is 16.8 Å². The lowest BCUT2D eigenvalue weighted by Gasteiger charge is -2.08. The van der Waals surface area contributed by atoms with E-state index in [1.54, 1.807) is 12.1 Å². The Morgan fingerprint density at radius 2 is 2.07 bits per heavy atom. The summed E-state index contributed by atoms with van der Waals surface area (Å²) >= 11 is 5.75. The molecular formula is C10H15ClN4. The van der Waals surface area contributed by atoms with Crippen LogP contribution >= 0.6 is 11.6 Å². The number of nitrogens with zero attached hydrogens (tertiary/aromatic N) is 1. The highest BCUT2D eigenvalue weighted by atomic mass is 35.5. The van der Waals surface area contributed by atoms with Crippen LogP contribution in [0.4, 0.5) is 5.69 Å². The first-order valence-electron chi connectivity index (χ1n) is 4.73. The van der Waals surface area contributed by atoms with Crippen molar-refractivity contribution in [1.82, 2.24) is 0 Å². The second-order valence-electron chi connectivity index (χ2n) is 3.12. The number of hydrogen-bond acceptors (Lipinski definition) is 2. The molecule has 1 atom stereocenters. The summed E-state index contributed by atoms with van der Waals surface area (Å²) < 4.78 is 0. The first-order chi connectivity index (χ1) is 7.11. The summed E-state index contributed by atoms with van der Waals surface area (Å²) in [7, 11) is 0. The average molecular weight is 227 g/mol. The molecule has 1 aromatic carbocycles. The van der Waals surface area contributed by atoms with E-state index in [1.807, 2.05) is 19.1 Å². The molecule has 0 saturated carbocycles. The van der Waals surface area contributed by atoms with Crippen LogP contribution in [0.5, 0.6) is 0 Å². The van der Waals surface area contributed by atoms with E-state index in [4.69, 9.17) is 23.1 Å². The standard InChI is InChI=1S/C10H15ClN4/c1-2-9(12)15-10(13)14-8-5-3-7(11)4-6-8/h3-6,9H,2,12H2,1H3,(H3,13,14,15). The molecule has 82 valence electrons. The molecule has 0 aliphatic heterocycles. The Bertz CT molecular complexity index is 334. The third kappa shape index (κ3) is 4.18. The second kappa shape index (κ2) is 5.58. The fourth-order valence-electron chi connectivity index (χ4n) is 0.983. The van der Waals surface area contributed by atoms with Crippen LogP contribution in [0.1, 0.15) is 13.3 Å². The molecule has 0 bridgehead atoms. The smallest absolute Gasteiger partial charge is 0.194 e. The second-order valence-corrected chi connectivity index (χ2v) is 3.56. The highest BCUT2D eigenvalue weighted by Gasteiger charge is 1.98. The lowest BCUT2D eigenvalue weighted by atomic mass is 10.3. The molecule has 4 nitrogen and oxygen atoms in total. The lowest BCUT2D eigenvalue weighted by Crippen LogP contribution is -2.28. The van der Waals surface area contributed by atoms with E-state index < -0.39 is 0 Å². The number of aliphatic imine (C=N–C) groups is 1. The summed E-state index contributed by atoms with van der Waals surface area (Å²) in [5.74, 6) is 0.312. The minimum absolute atomic E-state index is 0.259. The van der Waals surface area contributed by atoms with Gasteiger partial charge in [-0.15, -0.1) is 0 Å². The molecule has 1 rings (SSSR count). The molecule has 0 spiro atoms. The van der Waals surface area contributed by atoms with Gasteiger partial charge in [-0.3, -0.25) is 0 Å². The molecule has 0 aliphatic carbocycles. The third-order valence-electron chi connectivity index (χ3n) is 1.84. The van der Waals surface area contributed by atoms with Gasteiger partial charge in [0.25, 0.3) is 0 Å². The SMILES string of the molecule is CCC(N)N=C(N)Nc1ccc(Cl)cc1. The molecular weight excluding hydrogens is 212 g/mol. The van der Waals surface area contributed by atoms with Gasteiger partial charge in [0, 0.05) is 10.7 Å². The maximum atomic E-state index is 5.75. The van der Waals surface area contributed by atoms with Crippen LogP contribution in [-0.4, -0.2) is 12.1 Å². The summed E-state index contributed by atoms with van der Waals surface area (Å²) in [6.45, 7) is 1.95. The van der Waals surface area contributed by atoms with Crippen molar-refractivity contribution in [3.8, 4) is 0 Å². The van der Waals surface area contributed by atoms with Gasteiger partial charge in [0.05, 0.1) is 0 Å². The van der Waals surface area contributed by atoms with Crippen molar-refractivity contribution >= 4 is 23.2 Å². The average Bonchev–Trinajstić information content (AvgIpc) is 2.21. The van der Waals surface area contributed by atoms with E-state index in [1.165, 1.54) is 0 Å². The minimum atomic E-state index is -0.259. The van der Waals surface area contributed by atoms with Gasteiger partial charge in [-0.2, -0.15) is 0 Å². The topological polar surface area (TPSA) is 76.4 Å². The van der Waals surface area contributed by atoms with Crippen molar-refractivity contribution < 1.29 is 0 Å². The van der Waals surface area contributed by atoms with Crippen molar-refractivity contribution in [2.75, 3.05) is 5.32 Å². The van der Waals surface area contributed by atoms with Crippen molar-refractivity contribution in [2.45, 2.75) is 19.5 Å². The van der Waals surface area contributed by atoms with Gasteiger partial charge in [0.2, 0.25) is 0 Å². The number of nitrogens with two attached hydrogens (primary N) is 2. The molecule has 0 aromatic heterocycles. The van der Waals surface area contributed by atoms with E-state index >= 15 is 0 Å². The first-order valence-corrected chi connectivity index (χ1v) is 5.11. The highest BCUT2D eigenvalue weighted by Crippen LogP contribution is 2.12. The number of rotatable bonds is 3. The zero-order valence-corrected chi connectivity index (χ0v) is 9.33. The maximum absolute atomic E-state index is 5.75. The zero-order chi connectivity index (χ0) is 11.3. The van der Waals surface area contributed by atoms with Crippen LogP contribution in [-0.2, 0) is 0 Å². The lowest BCUT2D eigenvalue weighted by molar-refractivity contribution is 0.683. The van der Waals surface area contributed by atoms with Gasteiger partial charge in [-0.05, 0) is 30.7 Å². The zero-order valence-electron chi connectivity index (χ0n) is 8.57. The monoisotopic (exact) mass is 226 g/mol. The van der Waals surface area contributed by atoms with E-state index in [2.05, 4.69) is 10.3 Å². The minimum Gasteiger partial charge on any atom is -0.370 e. The van der Waals surface area contributed by atoms with Crippen molar-refractivity contribution in [2.24, 2.45) is 16.5 Å². The van der Waals surface area contributed by atoms with Crippen molar-refractivity contribution in [3.63, 3.8) is 0 Å². The highest BCUT2D eigenvalue weighted by molar-refractivity contribution is 6.30. The van der Waals surface area contributed by atoms with E-state index in [9.17, 15) is 0 Å². The largest absolute Gasteiger partial charge is 0.370 e. The summed E-state index contributed by atoms with van der Waals surface area (Å²) in [5.41, 5.74) is 12.1. The molecule has 1 unspecified atom stereocenters. The quantitative estimate of drug-likeness (QED) is 0.543.